The van der Waals surface area contributed by atoms with Crippen molar-refractivity contribution in [1.29, 1.82) is 0 Å². The molecular weight excluding hydrogens is 372 g/mol. The van der Waals surface area contributed by atoms with E-state index in [9.17, 15) is 9.59 Å². The lowest BCUT2D eigenvalue weighted by molar-refractivity contribution is 0.121. The first-order chi connectivity index (χ1) is 13.2. The Hall–Kier alpha value is -2.85. The molecule has 0 spiro atoms. The molecule has 0 aliphatic carbocycles. The van der Waals surface area contributed by atoms with Crippen molar-refractivity contribution in [2.75, 3.05) is 7.11 Å². The average Bonchev–Trinajstić information content (AvgIpc) is 2.70. The summed E-state index contributed by atoms with van der Waals surface area (Å²) in [5.41, 5.74) is 5.31. The minimum atomic E-state index is -1.51. The Bertz CT molecular complexity index is 980. The zero-order valence-electron chi connectivity index (χ0n) is 17.3. The van der Waals surface area contributed by atoms with Crippen molar-refractivity contribution in [1.82, 2.24) is 9.78 Å². The molecular formula is C21H26N2O4Si. The number of benzene rings is 1. The van der Waals surface area contributed by atoms with E-state index in [-0.39, 0.29) is 16.9 Å². The van der Waals surface area contributed by atoms with Crippen molar-refractivity contribution in [3.63, 3.8) is 0 Å². The zero-order valence-corrected chi connectivity index (χ0v) is 18.3. The van der Waals surface area contributed by atoms with Gasteiger partial charge >= 0.3 is 6.16 Å². The van der Waals surface area contributed by atoms with Crippen LogP contribution in [-0.2, 0) is 11.8 Å². The normalized spacial score (nSPS) is 10.8. The molecule has 0 saturated heterocycles. The first-order valence-corrected chi connectivity index (χ1v) is 12.1. The van der Waals surface area contributed by atoms with Gasteiger partial charge in [-0.1, -0.05) is 38.4 Å². The molecule has 0 amide bonds. The van der Waals surface area contributed by atoms with Crippen molar-refractivity contribution in [2.24, 2.45) is 7.05 Å². The topological polar surface area (TPSA) is 70.4 Å². The minimum absolute atomic E-state index is 0.103. The van der Waals surface area contributed by atoms with Crippen LogP contribution in [0.25, 0.3) is 11.1 Å². The molecule has 0 saturated carbocycles. The Morgan fingerprint density at radius 2 is 1.82 bits per heavy atom. The number of carbonyl (C=O) groups excluding carboxylic acids is 1. The maximum absolute atomic E-state index is 12.7. The van der Waals surface area contributed by atoms with Crippen LogP contribution < -0.4 is 10.3 Å². The fourth-order valence-corrected chi connectivity index (χ4v) is 3.93. The van der Waals surface area contributed by atoms with Crippen molar-refractivity contribution >= 4 is 14.2 Å². The lowest BCUT2D eigenvalue weighted by atomic mass is 10.0. The molecule has 0 aliphatic heterocycles. The van der Waals surface area contributed by atoms with Crippen LogP contribution in [0.2, 0.25) is 18.6 Å². The van der Waals surface area contributed by atoms with Crippen molar-refractivity contribution in [3.05, 3.63) is 45.9 Å². The highest BCUT2D eigenvalue weighted by Gasteiger charge is 2.21. The summed E-state index contributed by atoms with van der Waals surface area (Å²) in [6.45, 7) is 8.34. The van der Waals surface area contributed by atoms with Crippen LogP contribution in [-0.4, -0.2) is 31.1 Å². The molecule has 2 rings (SSSR count). The molecule has 0 fully saturated rings. The SMILES string of the molecule is CC[Si](C)(C#Cc1ccc(-c2c(OC(=O)OC)c(C)nn(C)c2=O)cc1)CC. The van der Waals surface area contributed by atoms with E-state index >= 15 is 0 Å². The summed E-state index contributed by atoms with van der Waals surface area (Å²) < 4.78 is 11.0. The van der Waals surface area contributed by atoms with E-state index in [0.29, 0.717) is 11.3 Å². The molecule has 1 aromatic heterocycles. The summed E-state index contributed by atoms with van der Waals surface area (Å²) in [5, 5.41) is 4.09. The number of rotatable bonds is 4. The first-order valence-electron chi connectivity index (χ1n) is 9.22. The van der Waals surface area contributed by atoms with Crippen LogP contribution in [0.15, 0.2) is 29.1 Å². The number of nitrogens with zero attached hydrogens (tertiary/aromatic N) is 2. The van der Waals surface area contributed by atoms with E-state index in [0.717, 1.165) is 17.7 Å². The maximum atomic E-state index is 12.7. The second kappa shape index (κ2) is 8.89. The van der Waals surface area contributed by atoms with Crippen LogP contribution in [0.3, 0.4) is 0 Å². The van der Waals surface area contributed by atoms with E-state index < -0.39 is 14.2 Å². The molecule has 0 radical (unpaired) electrons. The smallest absolute Gasteiger partial charge is 0.437 e. The minimum Gasteiger partial charge on any atom is -0.437 e. The summed E-state index contributed by atoms with van der Waals surface area (Å²) in [6.07, 6.45) is -0.898. The van der Waals surface area contributed by atoms with Gasteiger partial charge in [-0.3, -0.25) is 4.79 Å². The van der Waals surface area contributed by atoms with E-state index in [1.807, 2.05) is 12.1 Å². The van der Waals surface area contributed by atoms with Crippen LogP contribution in [0.5, 0.6) is 5.75 Å². The van der Waals surface area contributed by atoms with Crippen molar-refractivity contribution < 1.29 is 14.3 Å². The number of hydrogen-bond acceptors (Lipinski definition) is 5. The first kappa shape index (κ1) is 21.4. The van der Waals surface area contributed by atoms with E-state index in [2.05, 4.69) is 41.7 Å². The zero-order chi connectivity index (χ0) is 20.9. The number of hydrogen-bond donors (Lipinski definition) is 0. The van der Waals surface area contributed by atoms with Gasteiger partial charge in [0.05, 0.1) is 12.7 Å². The lowest BCUT2D eigenvalue weighted by Crippen LogP contribution is -2.25. The molecule has 2 aromatic rings. The number of aromatic nitrogens is 2. The number of methoxy groups -OCH3 is 1. The standard InChI is InChI=1S/C21H26N2O4Si/c1-7-28(6,8-2)14-13-16-9-11-17(12-10-16)18-19(27-21(25)26-5)15(3)22-23(4)20(18)24/h9-12H,7-8H2,1-6H3. The Labute approximate surface area is 166 Å². The quantitative estimate of drug-likeness (QED) is 0.444. The molecule has 0 atom stereocenters. The van der Waals surface area contributed by atoms with Gasteiger partial charge in [-0.05, 0) is 36.7 Å². The molecule has 1 aromatic carbocycles. The van der Waals surface area contributed by atoms with E-state index in [1.54, 1.807) is 26.1 Å². The van der Waals surface area contributed by atoms with E-state index in [1.165, 1.54) is 11.8 Å². The Kier molecular flexibility index (Phi) is 6.81. The van der Waals surface area contributed by atoms with Gasteiger partial charge < -0.3 is 9.47 Å². The van der Waals surface area contributed by atoms with E-state index in [4.69, 9.17) is 4.74 Å². The second-order valence-corrected chi connectivity index (χ2v) is 11.7. The largest absolute Gasteiger partial charge is 0.513 e. The third-order valence-corrected chi connectivity index (χ3v) is 8.81. The Balaban J connectivity index is 2.50. The van der Waals surface area contributed by atoms with Gasteiger partial charge in [0.2, 0.25) is 0 Å². The summed E-state index contributed by atoms with van der Waals surface area (Å²) >= 11 is 0. The van der Waals surface area contributed by atoms with Gasteiger partial charge in [0, 0.05) is 12.6 Å². The second-order valence-electron chi connectivity index (χ2n) is 6.87. The predicted octanol–water partition coefficient (Wildman–Crippen LogP) is 3.91. The highest BCUT2D eigenvalue weighted by molar-refractivity contribution is 6.86. The number of aryl methyl sites for hydroxylation is 2. The summed E-state index contributed by atoms with van der Waals surface area (Å²) in [6, 6.07) is 9.60. The third kappa shape index (κ3) is 4.70. The summed E-state index contributed by atoms with van der Waals surface area (Å²) in [4.78, 5) is 24.3. The van der Waals surface area contributed by atoms with Gasteiger partial charge in [-0.15, -0.1) is 5.54 Å². The molecule has 148 valence electrons. The highest BCUT2D eigenvalue weighted by atomic mass is 28.3. The van der Waals surface area contributed by atoms with Gasteiger partial charge in [0.15, 0.2) is 5.75 Å². The van der Waals surface area contributed by atoms with Gasteiger partial charge in [0.25, 0.3) is 5.56 Å². The Morgan fingerprint density at radius 3 is 2.36 bits per heavy atom. The number of ether oxygens (including phenoxy) is 2. The van der Waals surface area contributed by atoms with Gasteiger partial charge in [-0.25, -0.2) is 9.48 Å². The van der Waals surface area contributed by atoms with Crippen LogP contribution >= 0.6 is 0 Å². The fourth-order valence-electron chi connectivity index (χ4n) is 2.63. The predicted molar refractivity (Wildman–Crippen MR) is 112 cm³/mol. The third-order valence-electron chi connectivity index (χ3n) is 4.96. The Morgan fingerprint density at radius 1 is 1.21 bits per heavy atom. The molecule has 0 aliphatic rings. The molecule has 0 bridgehead atoms. The molecule has 28 heavy (non-hydrogen) atoms. The van der Waals surface area contributed by atoms with Crippen LogP contribution in [0.4, 0.5) is 4.79 Å². The average molecular weight is 399 g/mol. The monoisotopic (exact) mass is 398 g/mol. The highest BCUT2D eigenvalue weighted by Crippen LogP contribution is 2.29. The van der Waals surface area contributed by atoms with Crippen LogP contribution in [0.1, 0.15) is 25.1 Å². The summed E-state index contributed by atoms with van der Waals surface area (Å²) in [7, 11) is 1.26. The van der Waals surface area contributed by atoms with Gasteiger partial charge in [0.1, 0.15) is 13.8 Å². The molecule has 6 nitrogen and oxygen atoms in total. The molecule has 0 unspecified atom stereocenters. The van der Waals surface area contributed by atoms with Gasteiger partial charge in [-0.2, -0.15) is 5.10 Å². The fraction of sp³-hybridized carbons (Fsp3) is 0.381. The molecule has 7 heteroatoms. The molecule has 1 heterocycles. The molecule has 0 N–H and O–H groups in total. The number of carbonyl (C=O) groups is 1. The van der Waals surface area contributed by atoms with Crippen molar-refractivity contribution in [3.8, 4) is 28.3 Å². The maximum Gasteiger partial charge on any atom is 0.513 e. The lowest BCUT2D eigenvalue weighted by Gasteiger charge is -2.15. The van der Waals surface area contributed by atoms with Crippen LogP contribution in [0, 0.1) is 18.4 Å². The summed E-state index contributed by atoms with van der Waals surface area (Å²) in [5.74, 6) is 3.37. The van der Waals surface area contributed by atoms with Crippen molar-refractivity contribution in [2.45, 2.75) is 39.4 Å².